The monoisotopic (exact) mass is 254 g/mol. The number of aromatic nitrogens is 3. The summed E-state index contributed by atoms with van der Waals surface area (Å²) < 4.78 is 6.72. The average Bonchev–Trinajstić information content (AvgIpc) is 2.99. The van der Waals surface area contributed by atoms with Gasteiger partial charge >= 0.3 is 5.97 Å². The van der Waals surface area contributed by atoms with Crippen LogP contribution >= 0.6 is 0 Å². The molecular weight excluding hydrogens is 240 g/mol. The molecule has 8 nitrogen and oxygen atoms in total. The van der Waals surface area contributed by atoms with E-state index in [-0.39, 0.29) is 5.91 Å². The molecule has 2 atom stereocenters. The Labute approximate surface area is 103 Å². The fraction of sp³-hybridized carbons (Fsp3) is 0.600. The van der Waals surface area contributed by atoms with E-state index in [0.29, 0.717) is 25.9 Å². The highest BCUT2D eigenvalue weighted by Crippen LogP contribution is 2.19. The van der Waals surface area contributed by atoms with E-state index < -0.39 is 18.2 Å². The minimum Gasteiger partial charge on any atom is -0.479 e. The number of carboxylic acids is 1. The van der Waals surface area contributed by atoms with Crippen molar-refractivity contribution in [3.63, 3.8) is 0 Å². The number of ether oxygens (including phenoxy) is 1. The predicted molar refractivity (Wildman–Crippen MR) is 58.6 cm³/mol. The van der Waals surface area contributed by atoms with Gasteiger partial charge in [0.15, 0.2) is 6.10 Å². The Morgan fingerprint density at radius 2 is 2.22 bits per heavy atom. The zero-order valence-corrected chi connectivity index (χ0v) is 9.65. The summed E-state index contributed by atoms with van der Waals surface area (Å²) in [6.07, 6.45) is 2.53. The lowest BCUT2D eigenvalue weighted by Gasteiger charge is -2.11. The normalized spacial score (nSPS) is 22.9. The van der Waals surface area contributed by atoms with Gasteiger partial charge in [0, 0.05) is 12.7 Å². The topological polar surface area (TPSA) is 106 Å². The molecule has 8 heteroatoms. The molecule has 98 valence electrons. The van der Waals surface area contributed by atoms with Crippen molar-refractivity contribution >= 4 is 11.9 Å². The van der Waals surface area contributed by atoms with Crippen molar-refractivity contribution in [2.75, 3.05) is 6.54 Å². The molecule has 1 fully saturated rings. The molecule has 18 heavy (non-hydrogen) atoms. The van der Waals surface area contributed by atoms with Crippen molar-refractivity contribution in [1.29, 1.82) is 0 Å². The second-order valence-corrected chi connectivity index (χ2v) is 3.99. The van der Waals surface area contributed by atoms with Crippen molar-refractivity contribution in [2.24, 2.45) is 0 Å². The van der Waals surface area contributed by atoms with E-state index in [2.05, 4.69) is 15.6 Å². The molecule has 0 saturated carbocycles. The first kappa shape index (κ1) is 12.5. The molecular formula is C10H14N4O4. The highest BCUT2D eigenvalue weighted by Gasteiger charge is 2.34. The SMILES string of the molecule is O=C(NCCn1ccnn1)[C@@H]1CC[C@H](C(=O)O)O1. The standard InChI is InChI=1S/C10H14N4O4/c15-9(7-1-2-8(18-7)10(16)17)11-3-5-14-6-4-12-13-14/h4,6-8H,1-3,5H2,(H,11,15)(H,16,17)/t7-,8+/m0/s1. The lowest BCUT2D eigenvalue weighted by Crippen LogP contribution is -2.37. The number of nitrogens with one attached hydrogen (secondary N) is 1. The van der Waals surface area contributed by atoms with Gasteiger partial charge < -0.3 is 15.2 Å². The van der Waals surface area contributed by atoms with Crippen LogP contribution in [0.4, 0.5) is 0 Å². The first-order valence-corrected chi connectivity index (χ1v) is 5.67. The van der Waals surface area contributed by atoms with E-state index in [4.69, 9.17) is 9.84 Å². The lowest BCUT2D eigenvalue weighted by molar-refractivity contribution is -0.151. The maximum absolute atomic E-state index is 11.7. The lowest BCUT2D eigenvalue weighted by atomic mass is 10.2. The summed E-state index contributed by atoms with van der Waals surface area (Å²) in [7, 11) is 0. The Morgan fingerprint density at radius 1 is 1.44 bits per heavy atom. The van der Waals surface area contributed by atoms with E-state index in [1.165, 1.54) is 0 Å². The van der Waals surface area contributed by atoms with Crippen LogP contribution in [-0.2, 0) is 20.9 Å². The van der Waals surface area contributed by atoms with Crippen molar-refractivity contribution in [2.45, 2.75) is 31.6 Å². The van der Waals surface area contributed by atoms with Crippen LogP contribution in [0.25, 0.3) is 0 Å². The zero-order valence-electron chi connectivity index (χ0n) is 9.65. The Bertz CT molecular complexity index is 420. The maximum Gasteiger partial charge on any atom is 0.332 e. The average molecular weight is 254 g/mol. The molecule has 0 radical (unpaired) electrons. The number of hydrogen-bond donors (Lipinski definition) is 2. The van der Waals surface area contributed by atoms with Crippen LogP contribution in [0.1, 0.15) is 12.8 Å². The smallest absolute Gasteiger partial charge is 0.332 e. The summed E-state index contributed by atoms with van der Waals surface area (Å²) in [5.74, 6) is -1.30. The molecule has 0 aliphatic carbocycles. The zero-order chi connectivity index (χ0) is 13.0. The number of carbonyl (C=O) groups is 2. The van der Waals surface area contributed by atoms with Crippen molar-refractivity contribution < 1.29 is 19.4 Å². The van der Waals surface area contributed by atoms with Gasteiger partial charge in [-0.2, -0.15) is 0 Å². The quantitative estimate of drug-likeness (QED) is 0.700. The fourth-order valence-electron chi connectivity index (χ4n) is 1.77. The molecule has 0 spiro atoms. The van der Waals surface area contributed by atoms with Gasteiger partial charge in [0.25, 0.3) is 0 Å². The van der Waals surface area contributed by atoms with Gasteiger partial charge in [-0.3, -0.25) is 9.48 Å². The van der Waals surface area contributed by atoms with Gasteiger partial charge in [-0.1, -0.05) is 5.21 Å². The molecule has 2 N–H and O–H groups in total. The maximum atomic E-state index is 11.7. The van der Waals surface area contributed by atoms with Gasteiger partial charge in [0.2, 0.25) is 5.91 Å². The Morgan fingerprint density at radius 3 is 2.83 bits per heavy atom. The Kier molecular flexibility index (Phi) is 3.88. The molecule has 1 amide bonds. The molecule has 1 aliphatic heterocycles. The van der Waals surface area contributed by atoms with Crippen LogP contribution in [0.15, 0.2) is 12.4 Å². The molecule has 2 rings (SSSR count). The highest BCUT2D eigenvalue weighted by molar-refractivity contribution is 5.82. The first-order chi connectivity index (χ1) is 8.66. The number of amides is 1. The van der Waals surface area contributed by atoms with Crippen molar-refractivity contribution in [3.8, 4) is 0 Å². The van der Waals surface area contributed by atoms with Crippen LogP contribution in [0, 0.1) is 0 Å². The molecule has 1 aromatic rings. The first-order valence-electron chi connectivity index (χ1n) is 5.67. The van der Waals surface area contributed by atoms with Crippen molar-refractivity contribution in [3.05, 3.63) is 12.4 Å². The van der Waals surface area contributed by atoms with Crippen LogP contribution < -0.4 is 5.32 Å². The van der Waals surface area contributed by atoms with Crippen LogP contribution in [-0.4, -0.2) is 50.7 Å². The largest absolute Gasteiger partial charge is 0.479 e. The van der Waals surface area contributed by atoms with Crippen LogP contribution in [0.3, 0.4) is 0 Å². The molecule has 1 aromatic heterocycles. The third-order valence-electron chi connectivity index (χ3n) is 2.70. The van der Waals surface area contributed by atoms with Crippen LogP contribution in [0.5, 0.6) is 0 Å². The van der Waals surface area contributed by atoms with Gasteiger partial charge in [-0.25, -0.2) is 4.79 Å². The summed E-state index contributed by atoms with van der Waals surface area (Å²) in [6.45, 7) is 0.917. The van der Waals surface area contributed by atoms with Gasteiger partial charge in [0.05, 0.1) is 12.7 Å². The third kappa shape index (κ3) is 3.04. The second-order valence-electron chi connectivity index (χ2n) is 3.99. The van der Waals surface area contributed by atoms with Crippen LogP contribution in [0.2, 0.25) is 0 Å². The number of carbonyl (C=O) groups excluding carboxylic acids is 1. The van der Waals surface area contributed by atoms with E-state index in [1.54, 1.807) is 17.1 Å². The number of aliphatic carboxylic acids is 1. The van der Waals surface area contributed by atoms with Gasteiger partial charge in [-0.15, -0.1) is 5.10 Å². The number of rotatable bonds is 5. The summed E-state index contributed by atoms with van der Waals surface area (Å²) in [6, 6.07) is 0. The minimum atomic E-state index is -1.02. The van der Waals surface area contributed by atoms with Gasteiger partial charge in [0.1, 0.15) is 6.10 Å². The molecule has 0 aromatic carbocycles. The Hall–Kier alpha value is -1.96. The number of nitrogens with zero attached hydrogens (tertiary/aromatic N) is 3. The summed E-state index contributed by atoms with van der Waals surface area (Å²) in [4.78, 5) is 22.3. The molecule has 1 aliphatic rings. The van der Waals surface area contributed by atoms with E-state index >= 15 is 0 Å². The highest BCUT2D eigenvalue weighted by atomic mass is 16.5. The summed E-state index contributed by atoms with van der Waals surface area (Å²) in [5.41, 5.74) is 0. The fourth-order valence-corrected chi connectivity index (χ4v) is 1.77. The summed E-state index contributed by atoms with van der Waals surface area (Å²) in [5, 5.41) is 18.8. The molecule has 0 unspecified atom stereocenters. The molecule has 1 saturated heterocycles. The molecule has 0 bridgehead atoms. The van der Waals surface area contributed by atoms with Gasteiger partial charge in [-0.05, 0) is 12.8 Å². The summed E-state index contributed by atoms with van der Waals surface area (Å²) >= 11 is 0. The molecule has 2 heterocycles. The van der Waals surface area contributed by atoms with E-state index in [0.717, 1.165) is 0 Å². The predicted octanol–water partition coefficient (Wildman–Crippen LogP) is -0.973. The van der Waals surface area contributed by atoms with E-state index in [9.17, 15) is 9.59 Å². The van der Waals surface area contributed by atoms with Crippen molar-refractivity contribution in [1.82, 2.24) is 20.3 Å². The third-order valence-corrected chi connectivity index (χ3v) is 2.70. The second kappa shape index (κ2) is 5.58. The minimum absolute atomic E-state index is 0.279. The number of carboxylic acid groups (broad SMARTS) is 1. The Balaban J connectivity index is 1.71. The van der Waals surface area contributed by atoms with E-state index in [1.807, 2.05) is 0 Å². The number of hydrogen-bond acceptors (Lipinski definition) is 5.